The molecule has 0 aliphatic carbocycles. The van der Waals surface area contributed by atoms with Crippen LogP contribution in [0.1, 0.15) is 21.8 Å². The molecule has 3 aromatic carbocycles. The van der Waals surface area contributed by atoms with Crippen LogP contribution in [0.25, 0.3) is 11.5 Å². The highest BCUT2D eigenvalue weighted by Gasteiger charge is 2.18. The number of ether oxygens (including phenoxy) is 2. The second-order valence-electron chi connectivity index (χ2n) is 7.00. The predicted molar refractivity (Wildman–Crippen MR) is 126 cm³/mol. The topological polar surface area (TPSA) is 86.8 Å². The largest absolute Gasteiger partial charge is 0.465 e. The SMILES string of the molecule is C=Nc1cc(Cl)cc(Oc2c(Cl)ccc(Cc3nnc(-c4ccc(C(=O)OC)cc4)o3)c2F)c1. The molecule has 172 valence electrons. The third kappa shape index (κ3) is 5.08. The number of halogens is 3. The summed E-state index contributed by atoms with van der Waals surface area (Å²) in [5.41, 5.74) is 1.69. The number of benzene rings is 3. The minimum Gasteiger partial charge on any atom is -0.465 e. The summed E-state index contributed by atoms with van der Waals surface area (Å²) < 4.78 is 31.3. The molecule has 34 heavy (non-hydrogen) atoms. The van der Waals surface area contributed by atoms with Crippen LogP contribution >= 0.6 is 23.2 Å². The summed E-state index contributed by atoms with van der Waals surface area (Å²) in [6.07, 6.45) is 0.00160. The molecule has 0 aliphatic rings. The number of methoxy groups -OCH3 is 1. The fourth-order valence-corrected chi connectivity index (χ4v) is 3.49. The second kappa shape index (κ2) is 10.0. The molecule has 0 saturated heterocycles. The molecule has 0 N–H and O–H groups in total. The van der Waals surface area contributed by atoms with Gasteiger partial charge < -0.3 is 13.9 Å². The number of hydrogen-bond acceptors (Lipinski definition) is 7. The number of esters is 1. The summed E-state index contributed by atoms with van der Waals surface area (Å²) in [4.78, 5) is 15.4. The molecular weight excluding hydrogens is 484 g/mol. The Morgan fingerprint density at radius 3 is 2.59 bits per heavy atom. The highest BCUT2D eigenvalue weighted by molar-refractivity contribution is 6.32. The minimum atomic E-state index is -0.678. The van der Waals surface area contributed by atoms with Crippen LogP contribution < -0.4 is 4.74 Å². The lowest BCUT2D eigenvalue weighted by molar-refractivity contribution is 0.0600. The summed E-state index contributed by atoms with van der Waals surface area (Å²) in [5.74, 6) is -0.648. The molecule has 0 saturated carbocycles. The van der Waals surface area contributed by atoms with E-state index >= 15 is 4.39 Å². The van der Waals surface area contributed by atoms with Crippen molar-refractivity contribution >= 4 is 41.6 Å². The molecule has 0 aliphatic heterocycles. The standard InChI is InChI=1S/C24H16Cl2FN3O4/c1-28-17-10-16(25)11-18(12-17)33-22-19(26)8-7-15(21(22)27)9-20-29-30-23(34-20)13-3-5-14(6-4-13)24(31)32-2/h3-8,10-12H,1,9H2,2H3. The molecule has 1 heterocycles. The lowest BCUT2D eigenvalue weighted by atomic mass is 10.1. The Morgan fingerprint density at radius 1 is 1.12 bits per heavy atom. The van der Waals surface area contributed by atoms with Gasteiger partial charge in [-0.15, -0.1) is 10.2 Å². The molecule has 7 nitrogen and oxygen atoms in total. The van der Waals surface area contributed by atoms with Gasteiger partial charge in [-0.1, -0.05) is 29.3 Å². The van der Waals surface area contributed by atoms with E-state index in [1.54, 1.807) is 36.4 Å². The summed E-state index contributed by atoms with van der Waals surface area (Å²) in [5, 5.41) is 8.41. The molecule has 0 radical (unpaired) electrons. The maximum Gasteiger partial charge on any atom is 0.337 e. The number of aliphatic imine (C=N–C) groups is 1. The van der Waals surface area contributed by atoms with E-state index in [2.05, 4.69) is 26.6 Å². The van der Waals surface area contributed by atoms with Gasteiger partial charge in [0, 0.05) is 22.2 Å². The van der Waals surface area contributed by atoms with Crippen LogP contribution in [0.3, 0.4) is 0 Å². The van der Waals surface area contributed by atoms with E-state index < -0.39 is 11.8 Å². The molecule has 0 amide bonds. The summed E-state index contributed by atoms with van der Waals surface area (Å²) in [6.45, 7) is 3.45. The van der Waals surface area contributed by atoms with Crippen molar-refractivity contribution in [3.63, 3.8) is 0 Å². The van der Waals surface area contributed by atoms with Crippen molar-refractivity contribution in [3.05, 3.63) is 87.5 Å². The molecule has 4 rings (SSSR count). The average molecular weight is 500 g/mol. The van der Waals surface area contributed by atoms with Crippen molar-refractivity contribution in [2.24, 2.45) is 4.99 Å². The Bertz CT molecular complexity index is 1370. The smallest absolute Gasteiger partial charge is 0.337 e. The van der Waals surface area contributed by atoms with E-state index in [0.717, 1.165) is 0 Å². The van der Waals surface area contributed by atoms with Crippen LogP contribution in [-0.4, -0.2) is 30.0 Å². The molecule has 0 unspecified atom stereocenters. The zero-order chi connectivity index (χ0) is 24.2. The summed E-state index contributed by atoms with van der Waals surface area (Å²) in [7, 11) is 1.30. The third-order valence-electron chi connectivity index (χ3n) is 4.75. The van der Waals surface area contributed by atoms with E-state index in [1.165, 1.54) is 25.3 Å². The van der Waals surface area contributed by atoms with Gasteiger partial charge in [0.15, 0.2) is 11.6 Å². The first-order valence-electron chi connectivity index (χ1n) is 9.81. The highest BCUT2D eigenvalue weighted by Crippen LogP contribution is 2.37. The van der Waals surface area contributed by atoms with Gasteiger partial charge in [0.25, 0.3) is 0 Å². The Hall–Kier alpha value is -3.75. The Morgan fingerprint density at radius 2 is 1.88 bits per heavy atom. The molecule has 0 fully saturated rings. The van der Waals surface area contributed by atoms with Crippen molar-refractivity contribution in [1.82, 2.24) is 10.2 Å². The molecule has 1 aromatic heterocycles. The van der Waals surface area contributed by atoms with Gasteiger partial charge in [-0.3, -0.25) is 4.99 Å². The van der Waals surface area contributed by atoms with Gasteiger partial charge >= 0.3 is 5.97 Å². The maximum absolute atomic E-state index is 15.3. The molecule has 0 spiro atoms. The van der Waals surface area contributed by atoms with Crippen LogP contribution in [-0.2, 0) is 11.2 Å². The van der Waals surface area contributed by atoms with Crippen LogP contribution in [0.2, 0.25) is 10.0 Å². The second-order valence-corrected chi connectivity index (χ2v) is 7.85. The van der Waals surface area contributed by atoms with Gasteiger partial charge in [-0.05, 0) is 49.2 Å². The molecule has 10 heteroatoms. The number of aromatic nitrogens is 2. The monoisotopic (exact) mass is 499 g/mol. The van der Waals surface area contributed by atoms with E-state index in [1.807, 2.05) is 0 Å². The lowest BCUT2D eigenvalue weighted by Gasteiger charge is -2.12. The van der Waals surface area contributed by atoms with Crippen LogP contribution in [0.15, 0.2) is 64.0 Å². The molecule has 0 bridgehead atoms. The maximum atomic E-state index is 15.3. The van der Waals surface area contributed by atoms with E-state index in [-0.39, 0.29) is 40.3 Å². The van der Waals surface area contributed by atoms with Gasteiger partial charge in [-0.2, -0.15) is 0 Å². The van der Waals surface area contributed by atoms with E-state index in [9.17, 15) is 4.79 Å². The van der Waals surface area contributed by atoms with Crippen LogP contribution in [0, 0.1) is 5.82 Å². The number of rotatable bonds is 7. The Labute approximate surface area is 203 Å². The lowest BCUT2D eigenvalue weighted by Crippen LogP contribution is -2.00. The first-order valence-corrected chi connectivity index (χ1v) is 10.6. The zero-order valence-corrected chi connectivity index (χ0v) is 19.2. The number of hydrogen-bond donors (Lipinski definition) is 0. The summed E-state index contributed by atoms with van der Waals surface area (Å²) in [6, 6.07) is 14.1. The summed E-state index contributed by atoms with van der Waals surface area (Å²) >= 11 is 12.2. The number of carbonyl (C=O) groups is 1. The number of carbonyl (C=O) groups excluding carboxylic acids is 1. The fraction of sp³-hybridized carbons (Fsp3) is 0.0833. The van der Waals surface area contributed by atoms with E-state index in [4.69, 9.17) is 32.4 Å². The fourth-order valence-electron chi connectivity index (χ4n) is 3.09. The molecule has 0 atom stereocenters. The van der Waals surface area contributed by atoms with Crippen molar-refractivity contribution in [3.8, 4) is 23.0 Å². The predicted octanol–water partition coefficient (Wildman–Crippen LogP) is 6.68. The Balaban J connectivity index is 1.56. The average Bonchev–Trinajstić information content (AvgIpc) is 3.31. The Kier molecular flexibility index (Phi) is 6.90. The van der Waals surface area contributed by atoms with Crippen molar-refractivity contribution in [2.75, 3.05) is 7.11 Å². The zero-order valence-electron chi connectivity index (χ0n) is 17.7. The van der Waals surface area contributed by atoms with E-state index in [0.29, 0.717) is 21.8 Å². The number of nitrogens with zero attached hydrogens (tertiary/aromatic N) is 3. The molecule has 4 aromatic rings. The third-order valence-corrected chi connectivity index (χ3v) is 5.26. The quantitative estimate of drug-likeness (QED) is 0.208. The van der Waals surface area contributed by atoms with Crippen molar-refractivity contribution < 1.29 is 23.1 Å². The molecular formula is C24H16Cl2FN3O4. The van der Waals surface area contributed by atoms with Crippen LogP contribution in [0.4, 0.5) is 10.1 Å². The first kappa shape index (κ1) is 23.4. The van der Waals surface area contributed by atoms with Crippen LogP contribution in [0.5, 0.6) is 11.5 Å². The van der Waals surface area contributed by atoms with Gasteiger partial charge in [-0.25, -0.2) is 9.18 Å². The normalized spacial score (nSPS) is 10.7. The highest BCUT2D eigenvalue weighted by atomic mass is 35.5. The minimum absolute atomic E-state index is 0.00160. The van der Waals surface area contributed by atoms with Gasteiger partial charge in [0.2, 0.25) is 11.8 Å². The first-order chi connectivity index (χ1) is 16.4. The van der Waals surface area contributed by atoms with Crippen molar-refractivity contribution in [1.29, 1.82) is 0 Å². The van der Waals surface area contributed by atoms with Gasteiger partial charge in [0.05, 0.1) is 29.8 Å². The van der Waals surface area contributed by atoms with Crippen molar-refractivity contribution in [2.45, 2.75) is 6.42 Å². The van der Waals surface area contributed by atoms with Gasteiger partial charge in [0.1, 0.15) is 5.75 Å².